The van der Waals surface area contributed by atoms with Gasteiger partial charge in [0.05, 0.1) is 21.8 Å². The van der Waals surface area contributed by atoms with E-state index in [9.17, 15) is 9.18 Å². The van der Waals surface area contributed by atoms with Gasteiger partial charge in [-0.1, -0.05) is 12.1 Å². The van der Waals surface area contributed by atoms with Crippen LogP contribution in [0.3, 0.4) is 0 Å². The van der Waals surface area contributed by atoms with Gasteiger partial charge in [-0.05, 0) is 55.6 Å². The van der Waals surface area contributed by atoms with Gasteiger partial charge in [-0.15, -0.1) is 11.3 Å². The van der Waals surface area contributed by atoms with E-state index in [1.165, 1.54) is 23.5 Å². The summed E-state index contributed by atoms with van der Waals surface area (Å²) in [5, 5.41) is 0. The van der Waals surface area contributed by atoms with E-state index in [1.54, 1.807) is 17.0 Å². The maximum absolute atomic E-state index is 13.0. The lowest BCUT2D eigenvalue weighted by Crippen LogP contribution is -2.42. The molecule has 0 N–H and O–H groups in total. The molecule has 2 aromatic rings. The molecule has 0 radical (unpaired) electrons. The Kier molecular flexibility index (Phi) is 4.97. The third-order valence-electron chi connectivity index (χ3n) is 3.45. The normalized spacial score (nSPS) is 18.5. The van der Waals surface area contributed by atoms with Crippen molar-refractivity contribution in [2.45, 2.75) is 6.10 Å². The van der Waals surface area contributed by atoms with Crippen LogP contribution < -0.4 is 0 Å². The number of halogens is 3. The van der Waals surface area contributed by atoms with Gasteiger partial charge >= 0.3 is 0 Å². The molecule has 116 valence electrons. The van der Waals surface area contributed by atoms with Crippen LogP contribution >= 0.6 is 43.2 Å². The number of hydrogen-bond donors (Lipinski definition) is 0. The summed E-state index contributed by atoms with van der Waals surface area (Å²) < 4.78 is 20.5. The summed E-state index contributed by atoms with van der Waals surface area (Å²) in [6.07, 6.45) is -0.217. The van der Waals surface area contributed by atoms with Gasteiger partial charge in [-0.25, -0.2) is 4.39 Å². The molecule has 0 aliphatic carbocycles. The Morgan fingerprint density at radius 3 is 2.68 bits per heavy atom. The van der Waals surface area contributed by atoms with Gasteiger partial charge in [0.15, 0.2) is 0 Å². The highest BCUT2D eigenvalue weighted by atomic mass is 79.9. The number of rotatable bonds is 2. The van der Waals surface area contributed by atoms with Crippen LogP contribution in [0.2, 0.25) is 0 Å². The number of nitrogens with zero attached hydrogens (tertiary/aromatic N) is 1. The molecule has 1 atom stereocenters. The third-order valence-corrected chi connectivity index (χ3v) is 6.70. The largest absolute Gasteiger partial charge is 0.370 e. The van der Waals surface area contributed by atoms with Crippen LogP contribution in [0.1, 0.15) is 21.3 Å². The van der Waals surface area contributed by atoms with Crippen molar-refractivity contribution in [2.24, 2.45) is 0 Å². The Morgan fingerprint density at radius 2 is 2.05 bits per heavy atom. The predicted octanol–water partition coefficient (Wildman–Crippen LogP) is 4.63. The molecule has 1 unspecified atom stereocenters. The number of ether oxygens (including phenoxy) is 1. The van der Waals surface area contributed by atoms with Gasteiger partial charge in [-0.3, -0.25) is 4.79 Å². The maximum Gasteiger partial charge on any atom is 0.264 e. The first-order chi connectivity index (χ1) is 10.5. The molecule has 1 fully saturated rings. The molecule has 3 rings (SSSR count). The Bertz CT molecular complexity index is 670. The molecule has 1 saturated heterocycles. The molecule has 7 heteroatoms. The fraction of sp³-hybridized carbons (Fsp3) is 0.267. The first kappa shape index (κ1) is 16.1. The fourth-order valence-electron chi connectivity index (χ4n) is 2.32. The second-order valence-electron chi connectivity index (χ2n) is 4.89. The average Bonchev–Trinajstić information content (AvgIpc) is 2.87. The van der Waals surface area contributed by atoms with Crippen molar-refractivity contribution < 1.29 is 13.9 Å². The van der Waals surface area contributed by atoms with E-state index < -0.39 is 0 Å². The molecule has 1 aliphatic rings. The number of benzene rings is 1. The highest BCUT2D eigenvalue weighted by Crippen LogP contribution is 2.33. The topological polar surface area (TPSA) is 29.5 Å². The van der Waals surface area contributed by atoms with Crippen molar-refractivity contribution in [2.75, 3.05) is 19.7 Å². The average molecular weight is 449 g/mol. The molecule has 1 aromatic carbocycles. The van der Waals surface area contributed by atoms with E-state index in [2.05, 4.69) is 31.9 Å². The Balaban J connectivity index is 1.75. The van der Waals surface area contributed by atoms with Gasteiger partial charge in [0.25, 0.3) is 5.91 Å². The number of thiophene rings is 1. The monoisotopic (exact) mass is 447 g/mol. The van der Waals surface area contributed by atoms with Crippen molar-refractivity contribution in [1.82, 2.24) is 4.90 Å². The highest BCUT2D eigenvalue weighted by Gasteiger charge is 2.27. The molecule has 1 amide bonds. The second kappa shape index (κ2) is 6.78. The number of carbonyl (C=O) groups is 1. The van der Waals surface area contributed by atoms with Crippen LogP contribution in [0.5, 0.6) is 0 Å². The van der Waals surface area contributed by atoms with Crippen LogP contribution in [0.4, 0.5) is 4.39 Å². The summed E-state index contributed by atoms with van der Waals surface area (Å²) in [6.45, 7) is 1.50. The Morgan fingerprint density at radius 1 is 1.32 bits per heavy atom. The smallest absolute Gasteiger partial charge is 0.264 e. The standard InChI is InChI=1S/C15H12Br2FNO2S/c16-11-7-13(22-14(11)17)15(20)19-5-6-21-12(8-19)9-1-3-10(18)4-2-9/h1-4,7,12H,5-6,8H2. The summed E-state index contributed by atoms with van der Waals surface area (Å²) in [7, 11) is 0. The Hall–Kier alpha value is -0.760. The summed E-state index contributed by atoms with van der Waals surface area (Å²) in [5.74, 6) is -0.285. The summed E-state index contributed by atoms with van der Waals surface area (Å²) in [4.78, 5) is 15.0. The van der Waals surface area contributed by atoms with E-state index >= 15 is 0 Å². The van der Waals surface area contributed by atoms with Gasteiger partial charge < -0.3 is 9.64 Å². The van der Waals surface area contributed by atoms with Gasteiger partial charge in [0, 0.05) is 11.0 Å². The minimum absolute atomic E-state index is 0.00758. The first-order valence-corrected chi connectivity index (χ1v) is 9.06. The second-order valence-corrected chi connectivity index (χ2v) is 8.12. The van der Waals surface area contributed by atoms with Gasteiger partial charge in [0.2, 0.25) is 0 Å². The predicted molar refractivity (Wildman–Crippen MR) is 90.7 cm³/mol. The molecule has 2 heterocycles. The van der Waals surface area contributed by atoms with E-state index in [4.69, 9.17) is 4.74 Å². The van der Waals surface area contributed by atoms with E-state index in [-0.39, 0.29) is 17.8 Å². The molecule has 22 heavy (non-hydrogen) atoms. The zero-order valence-corrected chi connectivity index (χ0v) is 15.4. The van der Waals surface area contributed by atoms with Crippen LogP contribution in [0.15, 0.2) is 38.6 Å². The number of amides is 1. The zero-order chi connectivity index (χ0) is 15.7. The van der Waals surface area contributed by atoms with Crippen molar-refractivity contribution in [3.8, 4) is 0 Å². The lowest BCUT2D eigenvalue weighted by Gasteiger charge is -2.33. The molecular formula is C15H12Br2FNO2S. The third kappa shape index (κ3) is 3.42. The number of hydrogen-bond acceptors (Lipinski definition) is 3. The highest BCUT2D eigenvalue weighted by molar-refractivity contribution is 9.13. The minimum atomic E-state index is -0.277. The van der Waals surface area contributed by atoms with Crippen LogP contribution in [-0.4, -0.2) is 30.5 Å². The fourth-order valence-corrected chi connectivity index (χ4v) is 4.32. The SMILES string of the molecule is O=C(c1cc(Br)c(Br)s1)N1CCOC(c2ccc(F)cc2)C1. The summed E-state index contributed by atoms with van der Waals surface area (Å²) in [6, 6.07) is 8.04. The number of morpholine rings is 1. The van der Waals surface area contributed by atoms with Crippen molar-refractivity contribution in [3.05, 3.63) is 54.8 Å². The molecule has 1 aromatic heterocycles. The minimum Gasteiger partial charge on any atom is -0.370 e. The van der Waals surface area contributed by atoms with E-state index in [1.807, 2.05) is 6.07 Å². The zero-order valence-electron chi connectivity index (χ0n) is 11.4. The van der Waals surface area contributed by atoms with Gasteiger partial charge in [-0.2, -0.15) is 0 Å². The quantitative estimate of drug-likeness (QED) is 0.670. The van der Waals surface area contributed by atoms with Crippen molar-refractivity contribution >= 4 is 49.1 Å². The van der Waals surface area contributed by atoms with Crippen LogP contribution in [-0.2, 0) is 4.74 Å². The van der Waals surface area contributed by atoms with Crippen LogP contribution in [0, 0.1) is 5.82 Å². The van der Waals surface area contributed by atoms with Crippen LogP contribution in [0.25, 0.3) is 0 Å². The molecule has 3 nitrogen and oxygen atoms in total. The van der Waals surface area contributed by atoms with Crippen molar-refractivity contribution in [1.29, 1.82) is 0 Å². The lowest BCUT2D eigenvalue weighted by atomic mass is 10.1. The molecule has 0 bridgehead atoms. The first-order valence-electron chi connectivity index (χ1n) is 6.66. The summed E-state index contributed by atoms with van der Waals surface area (Å²) in [5.41, 5.74) is 0.882. The molecule has 1 aliphatic heterocycles. The van der Waals surface area contributed by atoms with E-state index in [0.29, 0.717) is 24.6 Å². The van der Waals surface area contributed by atoms with Gasteiger partial charge in [0.1, 0.15) is 11.9 Å². The molecular weight excluding hydrogens is 437 g/mol. The summed E-state index contributed by atoms with van der Waals surface area (Å²) >= 11 is 8.20. The number of carbonyl (C=O) groups excluding carboxylic acids is 1. The van der Waals surface area contributed by atoms with E-state index in [0.717, 1.165) is 13.8 Å². The maximum atomic E-state index is 13.0. The van der Waals surface area contributed by atoms with Crippen molar-refractivity contribution in [3.63, 3.8) is 0 Å². The molecule has 0 spiro atoms. The Labute approximate surface area is 148 Å². The lowest BCUT2D eigenvalue weighted by molar-refractivity contribution is -0.0226. The molecule has 0 saturated carbocycles.